The van der Waals surface area contributed by atoms with Crippen molar-refractivity contribution in [3.05, 3.63) is 90.0 Å². The molecule has 10 heteroatoms. The number of hydrogen-bond acceptors (Lipinski definition) is 6. The van der Waals surface area contributed by atoms with Crippen molar-refractivity contribution >= 4 is 29.6 Å². The first-order chi connectivity index (χ1) is 16.0. The van der Waals surface area contributed by atoms with Crippen molar-refractivity contribution in [2.75, 3.05) is 11.9 Å². The number of hydrazone groups is 1. The van der Waals surface area contributed by atoms with Gasteiger partial charge < -0.3 is 15.4 Å². The van der Waals surface area contributed by atoms with Crippen LogP contribution in [0.15, 0.2) is 78.2 Å². The van der Waals surface area contributed by atoms with Crippen LogP contribution in [0.2, 0.25) is 0 Å². The van der Waals surface area contributed by atoms with E-state index in [0.29, 0.717) is 17.0 Å². The summed E-state index contributed by atoms with van der Waals surface area (Å²) in [5.41, 5.74) is 4.00. The van der Waals surface area contributed by atoms with Gasteiger partial charge >= 0.3 is 11.8 Å². The number of aromatic nitrogens is 1. The second kappa shape index (κ2) is 11.7. The molecule has 3 aromatic rings. The molecule has 0 fully saturated rings. The summed E-state index contributed by atoms with van der Waals surface area (Å²) in [5.74, 6) is -2.06. The summed E-state index contributed by atoms with van der Waals surface area (Å²) in [5, 5.41) is 8.80. The Balaban J connectivity index is 1.39. The van der Waals surface area contributed by atoms with Crippen molar-refractivity contribution in [1.29, 1.82) is 0 Å². The maximum absolute atomic E-state index is 12.9. The van der Waals surface area contributed by atoms with E-state index in [-0.39, 0.29) is 13.2 Å². The van der Waals surface area contributed by atoms with E-state index >= 15 is 0 Å². The van der Waals surface area contributed by atoms with Crippen LogP contribution in [0.4, 0.5) is 10.1 Å². The highest BCUT2D eigenvalue weighted by Gasteiger charge is 2.11. The third kappa shape index (κ3) is 7.87. The van der Waals surface area contributed by atoms with Gasteiger partial charge in [-0.1, -0.05) is 6.07 Å². The van der Waals surface area contributed by atoms with Crippen LogP contribution in [0.25, 0.3) is 0 Å². The number of ether oxygens (including phenoxy) is 1. The quantitative estimate of drug-likeness (QED) is 0.276. The van der Waals surface area contributed by atoms with Crippen LogP contribution in [0, 0.1) is 5.82 Å². The molecule has 0 unspecified atom stereocenters. The molecule has 0 atom stereocenters. The van der Waals surface area contributed by atoms with E-state index in [0.717, 1.165) is 5.56 Å². The number of halogens is 1. The van der Waals surface area contributed by atoms with E-state index < -0.39 is 23.5 Å². The number of nitrogens with zero attached hydrogens (tertiary/aromatic N) is 2. The molecule has 0 saturated carbocycles. The number of anilines is 1. The van der Waals surface area contributed by atoms with E-state index in [2.05, 4.69) is 26.1 Å². The first kappa shape index (κ1) is 23.1. The van der Waals surface area contributed by atoms with Gasteiger partial charge in [0.05, 0.1) is 6.21 Å². The summed E-state index contributed by atoms with van der Waals surface area (Å²) in [4.78, 5) is 39.4. The fourth-order valence-electron chi connectivity index (χ4n) is 2.51. The second-order valence-electron chi connectivity index (χ2n) is 6.66. The highest BCUT2D eigenvalue weighted by Crippen LogP contribution is 2.12. The lowest BCUT2D eigenvalue weighted by Gasteiger charge is -2.07. The smallest absolute Gasteiger partial charge is 0.329 e. The predicted molar refractivity (Wildman–Crippen MR) is 119 cm³/mol. The topological polar surface area (TPSA) is 122 Å². The maximum Gasteiger partial charge on any atom is 0.329 e. The van der Waals surface area contributed by atoms with Crippen molar-refractivity contribution in [2.45, 2.75) is 6.54 Å². The van der Waals surface area contributed by atoms with Gasteiger partial charge in [0.1, 0.15) is 11.6 Å². The molecule has 0 aliphatic heterocycles. The zero-order valence-electron chi connectivity index (χ0n) is 17.3. The van der Waals surface area contributed by atoms with Gasteiger partial charge in [-0.05, 0) is 65.7 Å². The number of amides is 3. The fraction of sp³-hybridized carbons (Fsp3) is 0.0870. The van der Waals surface area contributed by atoms with E-state index in [1.165, 1.54) is 30.5 Å². The summed E-state index contributed by atoms with van der Waals surface area (Å²) in [6, 6.07) is 15.4. The summed E-state index contributed by atoms with van der Waals surface area (Å²) >= 11 is 0. The Bertz CT molecular complexity index is 1120. The number of benzene rings is 2. The lowest BCUT2D eigenvalue weighted by molar-refractivity contribution is -0.139. The number of pyridine rings is 1. The number of rotatable bonds is 8. The number of carbonyl (C=O) groups excluding carboxylic acids is 3. The van der Waals surface area contributed by atoms with Gasteiger partial charge in [0, 0.05) is 24.6 Å². The Labute approximate surface area is 188 Å². The predicted octanol–water partition coefficient (Wildman–Crippen LogP) is 2.00. The molecule has 168 valence electrons. The van der Waals surface area contributed by atoms with Gasteiger partial charge in [-0.3, -0.25) is 19.4 Å². The zero-order valence-corrected chi connectivity index (χ0v) is 17.3. The molecule has 0 bridgehead atoms. The average Bonchev–Trinajstić information content (AvgIpc) is 2.84. The highest BCUT2D eigenvalue weighted by atomic mass is 19.1. The van der Waals surface area contributed by atoms with Gasteiger partial charge in [0.25, 0.3) is 5.91 Å². The van der Waals surface area contributed by atoms with Gasteiger partial charge in [0.2, 0.25) is 0 Å². The summed E-state index contributed by atoms with van der Waals surface area (Å²) in [6.45, 7) is -0.0534. The summed E-state index contributed by atoms with van der Waals surface area (Å²) < 4.78 is 18.3. The van der Waals surface area contributed by atoms with Crippen LogP contribution in [0.1, 0.15) is 11.1 Å². The minimum absolute atomic E-state index is 0.174. The van der Waals surface area contributed by atoms with Crippen molar-refractivity contribution in [2.24, 2.45) is 5.10 Å². The fourth-order valence-corrected chi connectivity index (χ4v) is 2.51. The molecule has 3 rings (SSSR count). The van der Waals surface area contributed by atoms with E-state index in [1.807, 2.05) is 0 Å². The van der Waals surface area contributed by atoms with Crippen LogP contribution >= 0.6 is 0 Å². The lowest BCUT2D eigenvalue weighted by atomic mass is 10.2. The molecule has 2 aromatic carbocycles. The molecule has 9 nitrogen and oxygen atoms in total. The average molecular weight is 449 g/mol. The molecule has 0 aliphatic carbocycles. The third-order valence-electron chi connectivity index (χ3n) is 4.14. The molecular formula is C23H20FN5O4. The van der Waals surface area contributed by atoms with Crippen molar-refractivity contribution in [3.8, 4) is 5.75 Å². The maximum atomic E-state index is 12.9. The molecule has 33 heavy (non-hydrogen) atoms. The van der Waals surface area contributed by atoms with Crippen molar-refractivity contribution in [1.82, 2.24) is 15.7 Å². The molecule has 0 radical (unpaired) electrons. The SMILES string of the molecule is O=C(COc1ccc(/C=N\NC(=O)C(=O)NCc2cccnc2)cc1)Nc1ccc(F)cc1. The molecule has 1 aromatic heterocycles. The van der Waals surface area contributed by atoms with Gasteiger partial charge in [0.15, 0.2) is 6.61 Å². The third-order valence-corrected chi connectivity index (χ3v) is 4.14. The summed E-state index contributed by atoms with van der Waals surface area (Å²) in [6.07, 6.45) is 4.55. The first-order valence-electron chi connectivity index (χ1n) is 9.78. The Morgan fingerprint density at radius 2 is 1.76 bits per heavy atom. The zero-order chi connectivity index (χ0) is 23.5. The molecule has 0 aliphatic rings. The number of hydrogen-bond donors (Lipinski definition) is 3. The summed E-state index contributed by atoms with van der Waals surface area (Å²) in [7, 11) is 0. The van der Waals surface area contributed by atoms with Crippen molar-refractivity contribution < 1.29 is 23.5 Å². The first-order valence-corrected chi connectivity index (χ1v) is 9.78. The molecule has 1 heterocycles. The van der Waals surface area contributed by atoms with E-state index in [9.17, 15) is 18.8 Å². The van der Waals surface area contributed by atoms with Gasteiger partial charge in [-0.25, -0.2) is 9.82 Å². The van der Waals surface area contributed by atoms with Gasteiger partial charge in [-0.15, -0.1) is 0 Å². The molecule has 0 spiro atoms. The molecular weight excluding hydrogens is 429 g/mol. The lowest BCUT2D eigenvalue weighted by Crippen LogP contribution is -2.37. The number of carbonyl (C=O) groups is 3. The largest absolute Gasteiger partial charge is 0.484 e. The Hall–Kier alpha value is -4.60. The van der Waals surface area contributed by atoms with Crippen LogP contribution < -0.4 is 20.8 Å². The normalized spacial score (nSPS) is 10.5. The molecule has 3 amide bonds. The van der Waals surface area contributed by atoms with Crippen LogP contribution in [-0.2, 0) is 20.9 Å². The highest BCUT2D eigenvalue weighted by molar-refractivity contribution is 6.35. The minimum atomic E-state index is -0.901. The Morgan fingerprint density at radius 3 is 2.45 bits per heavy atom. The monoisotopic (exact) mass is 449 g/mol. The Kier molecular flexibility index (Phi) is 8.18. The molecule has 3 N–H and O–H groups in total. The van der Waals surface area contributed by atoms with Crippen LogP contribution in [0.3, 0.4) is 0 Å². The van der Waals surface area contributed by atoms with Crippen molar-refractivity contribution in [3.63, 3.8) is 0 Å². The van der Waals surface area contributed by atoms with E-state index in [4.69, 9.17) is 4.74 Å². The minimum Gasteiger partial charge on any atom is -0.484 e. The second-order valence-corrected chi connectivity index (χ2v) is 6.66. The number of nitrogens with one attached hydrogen (secondary N) is 3. The standard InChI is InChI=1S/C23H20FN5O4/c24-18-5-7-19(8-6-18)28-21(30)15-33-20-9-3-16(4-10-20)14-27-29-23(32)22(31)26-13-17-2-1-11-25-12-17/h1-12,14H,13,15H2,(H,26,31)(H,28,30)(H,29,32)/b27-14-. The van der Waals surface area contributed by atoms with Crippen LogP contribution in [0.5, 0.6) is 5.75 Å². The van der Waals surface area contributed by atoms with Crippen LogP contribution in [-0.4, -0.2) is 35.5 Å². The van der Waals surface area contributed by atoms with E-state index in [1.54, 1.807) is 48.8 Å². The Morgan fingerprint density at radius 1 is 1.00 bits per heavy atom. The van der Waals surface area contributed by atoms with Gasteiger partial charge in [-0.2, -0.15) is 5.10 Å². The molecule has 0 saturated heterocycles.